The van der Waals surface area contributed by atoms with Gasteiger partial charge < -0.3 is 5.32 Å². The van der Waals surface area contributed by atoms with Crippen LogP contribution in [0.1, 0.15) is 10.5 Å². The number of anilines is 1. The monoisotopic (exact) mass is 284 g/mol. The molecule has 0 aliphatic carbocycles. The first kappa shape index (κ1) is 12.9. The largest absolute Gasteiger partial charge is 0.304 e. The third-order valence-corrected chi connectivity index (χ3v) is 2.59. The van der Waals surface area contributed by atoms with Gasteiger partial charge in [-0.1, -0.05) is 0 Å². The van der Waals surface area contributed by atoms with E-state index in [2.05, 4.69) is 25.5 Å². The number of halogens is 1. The van der Waals surface area contributed by atoms with Gasteiger partial charge in [0.1, 0.15) is 5.82 Å². The van der Waals surface area contributed by atoms with Crippen molar-refractivity contribution in [1.82, 2.24) is 25.0 Å². The van der Waals surface area contributed by atoms with Crippen molar-refractivity contribution in [2.75, 3.05) is 5.32 Å². The zero-order chi connectivity index (χ0) is 14.7. The quantitative estimate of drug-likeness (QED) is 0.786. The van der Waals surface area contributed by atoms with Crippen LogP contribution in [0.25, 0.3) is 5.69 Å². The van der Waals surface area contributed by atoms with Crippen LogP contribution in [-0.4, -0.2) is 30.9 Å². The summed E-state index contributed by atoms with van der Waals surface area (Å²) < 4.78 is 12.9. The minimum absolute atomic E-state index is 0.116. The van der Waals surface area contributed by atoms with Gasteiger partial charge in [0, 0.05) is 12.4 Å². The maximum atomic E-state index is 12.9. The molecule has 2 aromatic heterocycles. The van der Waals surface area contributed by atoms with Crippen LogP contribution in [0.2, 0.25) is 0 Å². The molecule has 1 amide bonds. The number of carbonyl (C=O) groups is 1. The highest BCUT2D eigenvalue weighted by Gasteiger charge is 2.12. The predicted molar refractivity (Wildman–Crippen MR) is 71.3 cm³/mol. The highest BCUT2D eigenvalue weighted by molar-refractivity contribution is 6.01. The van der Waals surface area contributed by atoms with Gasteiger partial charge in [-0.15, -0.1) is 5.10 Å². The number of benzene rings is 1. The van der Waals surface area contributed by atoms with Crippen molar-refractivity contribution in [3.8, 4) is 5.69 Å². The summed E-state index contributed by atoms with van der Waals surface area (Å²) in [4.78, 5) is 21.0. The second-order valence-corrected chi connectivity index (χ2v) is 4.04. The molecular weight excluding hydrogens is 275 g/mol. The van der Waals surface area contributed by atoms with Gasteiger partial charge in [0.2, 0.25) is 0 Å². The second kappa shape index (κ2) is 5.45. The Labute approximate surface area is 118 Å². The van der Waals surface area contributed by atoms with E-state index < -0.39 is 5.91 Å². The number of hydrogen-bond donors (Lipinski definition) is 1. The first-order chi connectivity index (χ1) is 10.2. The molecule has 3 rings (SSSR count). The van der Waals surface area contributed by atoms with Crippen LogP contribution >= 0.6 is 0 Å². The molecule has 1 aromatic carbocycles. The molecule has 2 heterocycles. The first-order valence-corrected chi connectivity index (χ1v) is 5.98. The van der Waals surface area contributed by atoms with E-state index >= 15 is 0 Å². The van der Waals surface area contributed by atoms with Gasteiger partial charge in [0.05, 0.1) is 18.1 Å². The lowest BCUT2D eigenvalue weighted by atomic mass is 10.3. The number of amides is 1. The number of aromatic nitrogens is 5. The molecule has 0 bridgehead atoms. The zero-order valence-corrected chi connectivity index (χ0v) is 10.6. The molecule has 3 aromatic rings. The Hall–Kier alpha value is -3.16. The summed E-state index contributed by atoms with van der Waals surface area (Å²) in [5.74, 6) is -0.491. The standard InChI is InChI=1S/C13H9FN6O/c14-9-1-3-10(4-2-9)20-17-7-11(19-20)13(21)18-12-8-15-5-6-16-12/h1-8H,(H,16,18,21). The third kappa shape index (κ3) is 2.89. The van der Waals surface area contributed by atoms with E-state index in [1.165, 1.54) is 53.8 Å². The molecular formula is C13H9FN6O. The highest BCUT2D eigenvalue weighted by atomic mass is 19.1. The van der Waals surface area contributed by atoms with Crippen LogP contribution in [0, 0.1) is 5.82 Å². The molecule has 0 radical (unpaired) electrons. The van der Waals surface area contributed by atoms with Crippen LogP contribution < -0.4 is 5.32 Å². The maximum absolute atomic E-state index is 12.9. The maximum Gasteiger partial charge on any atom is 0.279 e. The molecule has 7 nitrogen and oxygen atoms in total. The summed E-state index contributed by atoms with van der Waals surface area (Å²) in [5.41, 5.74) is 0.667. The van der Waals surface area contributed by atoms with Crippen LogP contribution in [0.5, 0.6) is 0 Å². The van der Waals surface area contributed by atoms with Gasteiger partial charge in [-0.05, 0) is 24.3 Å². The Morgan fingerprint density at radius 3 is 2.67 bits per heavy atom. The van der Waals surface area contributed by atoms with E-state index in [1.54, 1.807) is 0 Å². The third-order valence-electron chi connectivity index (χ3n) is 2.59. The molecule has 0 spiro atoms. The Bertz CT molecular complexity index is 756. The summed E-state index contributed by atoms with van der Waals surface area (Å²) in [7, 11) is 0. The minimum Gasteiger partial charge on any atom is -0.304 e. The number of nitrogens with zero attached hydrogens (tertiary/aromatic N) is 5. The van der Waals surface area contributed by atoms with Crippen molar-refractivity contribution < 1.29 is 9.18 Å². The van der Waals surface area contributed by atoms with Crippen molar-refractivity contribution in [1.29, 1.82) is 0 Å². The van der Waals surface area contributed by atoms with E-state index in [-0.39, 0.29) is 11.5 Å². The van der Waals surface area contributed by atoms with Gasteiger partial charge in [0.15, 0.2) is 11.5 Å². The first-order valence-electron chi connectivity index (χ1n) is 5.98. The fraction of sp³-hybridized carbons (Fsp3) is 0. The molecule has 0 aliphatic heterocycles. The molecule has 21 heavy (non-hydrogen) atoms. The molecule has 0 saturated heterocycles. The molecule has 8 heteroatoms. The Morgan fingerprint density at radius 1 is 1.14 bits per heavy atom. The lowest BCUT2D eigenvalue weighted by Crippen LogP contribution is -2.14. The second-order valence-electron chi connectivity index (χ2n) is 4.04. The molecule has 0 unspecified atom stereocenters. The SMILES string of the molecule is O=C(Nc1cnccn1)c1cnn(-c2ccc(F)cc2)n1. The minimum atomic E-state index is -0.455. The van der Waals surface area contributed by atoms with Crippen LogP contribution in [0.4, 0.5) is 10.2 Å². The number of carbonyl (C=O) groups excluding carboxylic acids is 1. The summed E-state index contributed by atoms with van der Waals surface area (Å²) in [6.45, 7) is 0. The van der Waals surface area contributed by atoms with Gasteiger partial charge in [-0.3, -0.25) is 9.78 Å². The van der Waals surface area contributed by atoms with Crippen molar-refractivity contribution in [3.63, 3.8) is 0 Å². The fourth-order valence-corrected chi connectivity index (χ4v) is 1.61. The Kier molecular flexibility index (Phi) is 3.34. The van der Waals surface area contributed by atoms with E-state index in [0.29, 0.717) is 11.5 Å². The molecule has 0 fully saturated rings. The van der Waals surface area contributed by atoms with Crippen molar-refractivity contribution >= 4 is 11.7 Å². The molecule has 1 N–H and O–H groups in total. The lowest BCUT2D eigenvalue weighted by Gasteiger charge is -2.00. The number of nitrogens with one attached hydrogen (secondary N) is 1. The van der Waals surface area contributed by atoms with Crippen LogP contribution in [0.15, 0.2) is 49.1 Å². The highest BCUT2D eigenvalue weighted by Crippen LogP contribution is 2.08. The average molecular weight is 284 g/mol. The molecule has 0 saturated carbocycles. The number of hydrogen-bond acceptors (Lipinski definition) is 5. The smallest absolute Gasteiger partial charge is 0.279 e. The Morgan fingerprint density at radius 2 is 1.95 bits per heavy atom. The average Bonchev–Trinajstić information content (AvgIpc) is 2.99. The zero-order valence-electron chi connectivity index (χ0n) is 10.6. The molecule has 104 valence electrons. The van der Waals surface area contributed by atoms with Gasteiger partial charge >= 0.3 is 0 Å². The van der Waals surface area contributed by atoms with Gasteiger partial charge in [-0.25, -0.2) is 9.37 Å². The van der Waals surface area contributed by atoms with Gasteiger partial charge in [-0.2, -0.15) is 9.90 Å². The van der Waals surface area contributed by atoms with Gasteiger partial charge in [0.25, 0.3) is 5.91 Å². The number of rotatable bonds is 3. The van der Waals surface area contributed by atoms with Crippen molar-refractivity contribution in [3.05, 3.63) is 60.6 Å². The molecule has 0 atom stereocenters. The summed E-state index contributed by atoms with van der Waals surface area (Å²) in [5, 5.41) is 10.5. The normalized spacial score (nSPS) is 10.3. The van der Waals surface area contributed by atoms with Crippen molar-refractivity contribution in [2.24, 2.45) is 0 Å². The van der Waals surface area contributed by atoms with Crippen molar-refractivity contribution in [2.45, 2.75) is 0 Å². The predicted octanol–water partition coefficient (Wildman–Crippen LogP) is 1.45. The van der Waals surface area contributed by atoms with E-state index in [0.717, 1.165) is 0 Å². The Balaban J connectivity index is 1.78. The lowest BCUT2D eigenvalue weighted by molar-refractivity contribution is 0.102. The fourth-order valence-electron chi connectivity index (χ4n) is 1.61. The van der Waals surface area contributed by atoms with Crippen LogP contribution in [-0.2, 0) is 0 Å². The van der Waals surface area contributed by atoms with E-state index in [4.69, 9.17) is 0 Å². The van der Waals surface area contributed by atoms with E-state index in [1.807, 2.05) is 0 Å². The summed E-state index contributed by atoms with van der Waals surface area (Å²) in [6.07, 6.45) is 5.70. The topological polar surface area (TPSA) is 85.6 Å². The summed E-state index contributed by atoms with van der Waals surface area (Å²) >= 11 is 0. The summed E-state index contributed by atoms with van der Waals surface area (Å²) in [6, 6.07) is 5.61. The molecule has 0 aliphatic rings. The van der Waals surface area contributed by atoms with E-state index in [9.17, 15) is 9.18 Å². The van der Waals surface area contributed by atoms with Crippen LogP contribution in [0.3, 0.4) is 0 Å².